The van der Waals surface area contributed by atoms with E-state index < -0.39 is 0 Å². The molecule has 11 atom stereocenters. The first kappa shape index (κ1) is 36.6. The lowest BCUT2D eigenvalue weighted by atomic mass is 9.43. The highest BCUT2D eigenvalue weighted by Crippen LogP contribution is 2.69. The Hall–Kier alpha value is -0.240. The fourth-order valence-corrected chi connectivity index (χ4v) is 10.8. The summed E-state index contributed by atoms with van der Waals surface area (Å²) in [5.74, 6) is 4.10. The molecule has 0 heterocycles. The summed E-state index contributed by atoms with van der Waals surface area (Å²) in [5.41, 5.74) is 12.3. The highest BCUT2D eigenvalue weighted by Gasteiger charge is 2.66. The number of hydrogen-bond acceptors (Lipinski definition) is 6. The van der Waals surface area contributed by atoms with E-state index in [1.54, 1.807) is 0 Å². The Labute approximate surface area is 272 Å². The van der Waals surface area contributed by atoms with Gasteiger partial charge in [0.2, 0.25) is 0 Å². The molecule has 5 N–H and O–H groups in total. The van der Waals surface area contributed by atoms with Crippen LogP contribution in [0.2, 0.25) is 0 Å². The van der Waals surface area contributed by atoms with Gasteiger partial charge in [-0.1, -0.05) is 47.5 Å². The van der Waals surface area contributed by atoms with E-state index in [0.717, 1.165) is 57.6 Å². The van der Waals surface area contributed by atoms with Crippen molar-refractivity contribution in [1.82, 2.24) is 5.32 Å². The zero-order valence-electron chi connectivity index (χ0n) is 29.6. The minimum atomic E-state index is 0.211. The van der Waals surface area contributed by atoms with Gasteiger partial charge in [-0.25, -0.2) is 0 Å². The monoisotopic (exact) mass is 620 g/mol. The van der Waals surface area contributed by atoms with Crippen molar-refractivity contribution >= 4 is 0 Å². The summed E-state index contributed by atoms with van der Waals surface area (Å²) in [6.45, 7) is 18.7. The summed E-state index contributed by atoms with van der Waals surface area (Å²) in [4.78, 5) is 0. The molecule has 4 aliphatic rings. The molecule has 0 aromatic carbocycles. The van der Waals surface area contributed by atoms with E-state index in [1.165, 1.54) is 83.5 Å². The minimum Gasteiger partial charge on any atom is -0.378 e. The fraction of sp³-hybridized carbons (Fsp3) is 1.00. The molecule has 0 bridgehead atoms. The Bertz CT molecular complexity index is 814. The van der Waals surface area contributed by atoms with Crippen LogP contribution in [0.5, 0.6) is 0 Å². The van der Waals surface area contributed by atoms with Crippen LogP contribution in [0.15, 0.2) is 0 Å². The van der Waals surface area contributed by atoms with Crippen molar-refractivity contribution in [2.45, 2.75) is 149 Å². The normalized spacial score (nSPS) is 39.1. The topological polar surface area (TPSA) is 91.8 Å². The summed E-state index contributed by atoms with van der Waals surface area (Å²) >= 11 is 0. The van der Waals surface area contributed by atoms with Crippen LogP contribution < -0.4 is 16.8 Å². The molecule has 0 saturated heterocycles. The van der Waals surface area contributed by atoms with Crippen LogP contribution in [-0.2, 0) is 14.2 Å². The lowest BCUT2D eigenvalue weighted by Gasteiger charge is -2.65. The molecule has 0 spiro atoms. The number of nitrogens with one attached hydrogen (secondary N) is 1. The minimum absolute atomic E-state index is 0.211. The molecule has 4 aliphatic carbocycles. The molecule has 258 valence electrons. The van der Waals surface area contributed by atoms with Crippen molar-refractivity contribution in [3.63, 3.8) is 0 Å². The molecule has 0 radical (unpaired) electrons. The van der Waals surface area contributed by atoms with Gasteiger partial charge in [0.05, 0.1) is 18.3 Å². The van der Waals surface area contributed by atoms with Crippen molar-refractivity contribution in [2.75, 3.05) is 46.0 Å². The van der Waals surface area contributed by atoms with Gasteiger partial charge in [0, 0.05) is 25.2 Å². The predicted molar refractivity (Wildman–Crippen MR) is 184 cm³/mol. The van der Waals surface area contributed by atoms with Crippen molar-refractivity contribution in [3.05, 3.63) is 0 Å². The molecule has 0 aromatic heterocycles. The number of rotatable bonds is 20. The lowest BCUT2D eigenvalue weighted by Crippen LogP contribution is -2.63. The second-order valence-electron chi connectivity index (χ2n) is 15.9. The molecule has 6 nitrogen and oxygen atoms in total. The zero-order chi connectivity index (χ0) is 31.6. The Morgan fingerprint density at radius 3 is 2.20 bits per heavy atom. The Morgan fingerprint density at radius 1 is 0.773 bits per heavy atom. The van der Waals surface area contributed by atoms with E-state index in [9.17, 15) is 0 Å². The van der Waals surface area contributed by atoms with Gasteiger partial charge in [0.1, 0.15) is 0 Å². The number of hydrogen-bond donors (Lipinski definition) is 3. The van der Waals surface area contributed by atoms with Gasteiger partial charge in [-0.05, 0) is 151 Å². The van der Waals surface area contributed by atoms with Crippen LogP contribution in [0.3, 0.4) is 0 Å². The Morgan fingerprint density at radius 2 is 1.48 bits per heavy atom. The van der Waals surface area contributed by atoms with E-state index in [0.29, 0.717) is 60.5 Å². The second kappa shape index (κ2) is 17.8. The zero-order valence-corrected chi connectivity index (χ0v) is 29.6. The standard InChI is InChI=1S/C38H73N3O3/c1-6-8-20-41-21-10-13-28(3)31-14-15-32-36-33(27-35(38(31,32)5)44-24-12-19-40)37(4)17-16-30(42-23-11-18-39)25-29(37)26-34(36)43-22-9-7-2/h28-36,41H,6-27,39-40H2,1-5H3/t28-,29+,30-,31-,32+,33+,34-,35+,36+,37+,38-/m1/s1. The highest BCUT2D eigenvalue weighted by atomic mass is 16.5. The fourth-order valence-electron chi connectivity index (χ4n) is 10.8. The average Bonchev–Trinajstić information content (AvgIpc) is 3.38. The molecule has 6 heteroatoms. The largest absolute Gasteiger partial charge is 0.378 e. The summed E-state index contributed by atoms with van der Waals surface area (Å²) in [6, 6.07) is 0. The maximum Gasteiger partial charge on any atom is 0.0637 e. The first-order chi connectivity index (χ1) is 21.3. The van der Waals surface area contributed by atoms with Crippen LogP contribution in [0.1, 0.15) is 131 Å². The van der Waals surface area contributed by atoms with Gasteiger partial charge >= 0.3 is 0 Å². The van der Waals surface area contributed by atoms with Crippen LogP contribution in [-0.4, -0.2) is 64.3 Å². The van der Waals surface area contributed by atoms with Crippen LogP contribution >= 0.6 is 0 Å². The van der Waals surface area contributed by atoms with Crippen LogP contribution in [0, 0.1) is 46.3 Å². The quantitative estimate of drug-likeness (QED) is 0.124. The summed E-state index contributed by atoms with van der Waals surface area (Å²) in [7, 11) is 0. The first-order valence-electron chi connectivity index (χ1n) is 19.3. The molecule has 0 amide bonds. The summed E-state index contributed by atoms with van der Waals surface area (Å²) in [6.07, 6.45) is 19.3. The average molecular weight is 620 g/mol. The summed E-state index contributed by atoms with van der Waals surface area (Å²) < 4.78 is 20.4. The van der Waals surface area contributed by atoms with Gasteiger partial charge in [0.15, 0.2) is 0 Å². The maximum absolute atomic E-state index is 7.02. The number of fused-ring (bicyclic) bond motifs is 5. The molecule has 0 unspecified atom stereocenters. The van der Waals surface area contributed by atoms with Gasteiger partial charge in [-0.2, -0.15) is 0 Å². The van der Waals surface area contributed by atoms with E-state index in [1.807, 2.05) is 0 Å². The van der Waals surface area contributed by atoms with E-state index in [-0.39, 0.29) is 5.41 Å². The van der Waals surface area contributed by atoms with Crippen molar-refractivity contribution in [2.24, 2.45) is 57.8 Å². The Kier molecular flexibility index (Phi) is 14.8. The predicted octanol–water partition coefficient (Wildman–Crippen LogP) is 7.32. The molecular formula is C38H73N3O3. The molecule has 4 saturated carbocycles. The number of unbranched alkanes of at least 4 members (excludes halogenated alkanes) is 2. The van der Waals surface area contributed by atoms with Gasteiger partial charge < -0.3 is 31.0 Å². The van der Waals surface area contributed by atoms with E-state index >= 15 is 0 Å². The van der Waals surface area contributed by atoms with E-state index in [2.05, 4.69) is 39.9 Å². The van der Waals surface area contributed by atoms with Crippen LogP contribution in [0.25, 0.3) is 0 Å². The smallest absolute Gasteiger partial charge is 0.0637 e. The maximum atomic E-state index is 7.02. The number of ether oxygens (including phenoxy) is 3. The van der Waals surface area contributed by atoms with Crippen molar-refractivity contribution in [1.29, 1.82) is 0 Å². The SMILES string of the molecule is CCCCNCCC[C@@H](C)[C@H]1CC[C@H]2[C@@H]3[C@H](OCCCC)C[C@@H]4C[C@H](OCCCN)CC[C@]4(C)[C@H]3C[C@H](OCCCN)[C@]12C. The highest BCUT2D eigenvalue weighted by molar-refractivity contribution is 5.15. The molecule has 4 rings (SSSR count). The molecule has 0 aromatic rings. The number of nitrogens with two attached hydrogens (primary N) is 2. The third-order valence-corrected chi connectivity index (χ3v) is 13.4. The van der Waals surface area contributed by atoms with Gasteiger partial charge in [-0.3, -0.25) is 0 Å². The molecule has 44 heavy (non-hydrogen) atoms. The molecule has 0 aliphatic heterocycles. The third-order valence-electron chi connectivity index (χ3n) is 13.4. The molecule has 4 fully saturated rings. The van der Waals surface area contributed by atoms with Crippen molar-refractivity contribution in [3.8, 4) is 0 Å². The van der Waals surface area contributed by atoms with Gasteiger partial charge in [-0.15, -0.1) is 0 Å². The van der Waals surface area contributed by atoms with Crippen LogP contribution in [0.4, 0.5) is 0 Å². The lowest BCUT2D eigenvalue weighted by molar-refractivity contribution is -0.227. The third kappa shape index (κ3) is 8.24. The first-order valence-corrected chi connectivity index (χ1v) is 19.3. The van der Waals surface area contributed by atoms with E-state index in [4.69, 9.17) is 25.7 Å². The molecular weight excluding hydrogens is 546 g/mol. The van der Waals surface area contributed by atoms with Gasteiger partial charge in [0.25, 0.3) is 0 Å². The Balaban J connectivity index is 1.57. The van der Waals surface area contributed by atoms with Crippen molar-refractivity contribution < 1.29 is 14.2 Å². The summed E-state index contributed by atoms with van der Waals surface area (Å²) in [5, 5.41) is 3.69. The second-order valence-corrected chi connectivity index (χ2v) is 15.9.